The number of rotatable bonds is 3. The molecule has 1 aromatic rings. The molecule has 0 spiro atoms. The van der Waals surface area contributed by atoms with Gasteiger partial charge in [-0.1, -0.05) is 0 Å². The van der Waals surface area contributed by atoms with Crippen molar-refractivity contribution < 1.29 is 13.5 Å². The van der Waals surface area contributed by atoms with E-state index < -0.39 is 10.0 Å². The Labute approximate surface area is 74.9 Å². The van der Waals surface area contributed by atoms with Crippen LogP contribution in [-0.4, -0.2) is 20.6 Å². The van der Waals surface area contributed by atoms with Crippen molar-refractivity contribution in [3.8, 4) is 0 Å². The number of hydrogen-bond donors (Lipinski definition) is 2. The van der Waals surface area contributed by atoms with Gasteiger partial charge in [0.25, 0.3) is 0 Å². The molecule has 0 aliphatic rings. The number of aliphatic hydroxyl groups is 1. The van der Waals surface area contributed by atoms with E-state index in [-0.39, 0.29) is 11.5 Å². The van der Waals surface area contributed by atoms with Gasteiger partial charge < -0.3 is 5.11 Å². The van der Waals surface area contributed by atoms with Crippen LogP contribution in [0.15, 0.2) is 15.7 Å². The Morgan fingerprint density at radius 2 is 2.25 bits per heavy atom. The second-order valence-electron chi connectivity index (χ2n) is 2.13. The molecule has 0 unspecified atom stereocenters. The van der Waals surface area contributed by atoms with E-state index in [2.05, 4.69) is 4.72 Å². The van der Waals surface area contributed by atoms with Crippen LogP contribution in [0.4, 0.5) is 0 Å². The van der Waals surface area contributed by atoms with Crippen LogP contribution >= 0.6 is 11.3 Å². The summed E-state index contributed by atoms with van der Waals surface area (Å²) in [5.74, 6) is 0. The molecule has 0 bridgehead atoms. The van der Waals surface area contributed by atoms with Crippen LogP contribution in [0.2, 0.25) is 0 Å². The van der Waals surface area contributed by atoms with Crippen molar-refractivity contribution in [3.63, 3.8) is 0 Å². The van der Waals surface area contributed by atoms with Gasteiger partial charge in [0.15, 0.2) is 0 Å². The van der Waals surface area contributed by atoms with Gasteiger partial charge in [0.05, 0.1) is 11.5 Å². The van der Waals surface area contributed by atoms with E-state index >= 15 is 0 Å². The lowest BCUT2D eigenvalue weighted by atomic mass is 10.4. The zero-order chi connectivity index (χ0) is 9.19. The Bertz CT molecular complexity index is 355. The second kappa shape index (κ2) is 3.53. The summed E-state index contributed by atoms with van der Waals surface area (Å²) in [6.45, 7) is -0.250. The van der Waals surface area contributed by atoms with Crippen molar-refractivity contribution in [3.05, 3.63) is 16.3 Å². The van der Waals surface area contributed by atoms with Crippen LogP contribution < -0.4 is 4.72 Å². The van der Waals surface area contributed by atoms with E-state index in [9.17, 15) is 8.42 Å². The lowest BCUT2D eigenvalue weighted by Crippen LogP contribution is -2.19. The van der Waals surface area contributed by atoms with Gasteiger partial charge in [-0.2, -0.15) is 11.3 Å². The predicted octanol–water partition coefficient (Wildman–Crippen LogP) is 0.149. The standard InChI is InChI=1S/C6H9NO3S2/c1-7-12(9,10)6-4-11-3-5(6)2-8/h3-4,7-8H,2H2,1H3. The monoisotopic (exact) mass is 207 g/mol. The van der Waals surface area contributed by atoms with Crippen LogP contribution in [-0.2, 0) is 16.6 Å². The van der Waals surface area contributed by atoms with Gasteiger partial charge in [-0.3, -0.25) is 0 Å². The van der Waals surface area contributed by atoms with Gasteiger partial charge >= 0.3 is 0 Å². The summed E-state index contributed by atoms with van der Waals surface area (Å²) in [7, 11) is -2.06. The third-order valence-corrected chi connectivity index (χ3v) is 3.87. The van der Waals surface area contributed by atoms with Crippen molar-refractivity contribution in [2.24, 2.45) is 0 Å². The first-order valence-electron chi connectivity index (χ1n) is 3.21. The summed E-state index contributed by atoms with van der Waals surface area (Å²) in [5.41, 5.74) is 0.439. The van der Waals surface area contributed by atoms with Gasteiger partial charge in [-0.25, -0.2) is 13.1 Å². The molecule has 1 aromatic heterocycles. The van der Waals surface area contributed by atoms with Crippen molar-refractivity contribution in [2.45, 2.75) is 11.5 Å². The Hall–Kier alpha value is -0.430. The highest BCUT2D eigenvalue weighted by molar-refractivity contribution is 7.89. The molecule has 0 fully saturated rings. The molecule has 0 radical (unpaired) electrons. The number of aliphatic hydroxyl groups excluding tert-OH is 1. The lowest BCUT2D eigenvalue weighted by Gasteiger charge is -2.00. The number of sulfonamides is 1. The summed E-state index contributed by atoms with van der Waals surface area (Å²) in [4.78, 5) is 0.164. The van der Waals surface area contributed by atoms with E-state index in [0.717, 1.165) is 0 Å². The molecule has 0 saturated heterocycles. The normalized spacial score (nSPS) is 11.8. The topological polar surface area (TPSA) is 66.4 Å². The van der Waals surface area contributed by atoms with E-state index in [4.69, 9.17) is 5.11 Å². The quantitative estimate of drug-likeness (QED) is 0.741. The first-order chi connectivity index (χ1) is 5.61. The first-order valence-corrected chi connectivity index (χ1v) is 5.64. The van der Waals surface area contributed by atoms with E-state index in [1.54, 1.807) is 5.38 Å². The highest BCUT2D eigenvalue weighted by atomic mass is 32.2. The van der Waals surface area contributed by atoms with E-state index in [0.29, 0.717) is 5.56 Å². The van der Waals surface area contributed by atoms with Crippen LogP contribution in [0, 0.1) is 0 Å². The van der Waals surface area contributed by atoms with Crippen LogP contribution in [0.25, 0.3) is 0 Å². The van der Waals surface area contributed by atoms with Crippen molar-refractivity contribution in [1.29, 1.82) is 0 Å². The Kier molecular flexibility index (Phi) is 2.84. The summed E-state index contributed by atoms with van der Waals surface area (Å²) < 4.78 is 24.6. The van der Waals surface area contributed by atoms with Gasteiger partial charge in [-0.15, -0.1) is 0 Å². The fourth-order valence-corrected chi connectivity index (χ4v) is 2.92. The smallest absolute Gasteiger partial charge is 0.241 e. The van der Waals surface area contributed by atoms with Gasteiger partial charge in [0, 0.05) is 10.9 Å². The molecule has 0 saturated carbocycles. The van der Waals surface area contributed by atoms with Crippen LogP contribution in [0.1, 0.15) is 5.56 Å². The molecular formula is C6H9NO3S2. The van der Waals surface area contributed by atoms with Gasteiger partial charge in [0.1, 0.15) is 0 Å². The molecule has 68 valence electrons. The summed E-state index contributed by atoms with van der Waals surface area (Å²) >= 11 is 1.25. The average Bonchev–Trinajstić information content (AvgIpc) is 2.52. The predicted molar refractivity (Wildman–Crippen MR) is 46.5 cm³/mol. The molecule has 0 amide bonds. The van der Waals surface area contributed by atoms with Crippen molar-refractivity contribution >= 4 is 21.4 Å². The maximum Gasteiger partial charge on any atom is 0.241 e. The fourth-order valence-electron chi connectivity index (χ4n) is 0.773. The molecule has 12 heavy (non-hydrogen) atoms. The second-order valence-corrected chi connectivity index (χ2v) is 4.73. The molecule has 0 atom stereocenters. The molecule has 0 aromatic carbocycles. The molecule has 1 heterocycles. The first kappa shape index (κ1) is 9.66. The zero-order valence-corrected chi connectivity index (χ0v) is 8.08. The third kappa shape index (κ3) is 1.66. The molecule has 4 nitrogen and oxygen atoms in total. The average molecular weight is 207 g/mol. The van der Waals surface area contributed by atoms with Crippen LogP contribution in [0.3, 0.4) is 0 Å². The molecular weight excluding hydrogens is 198 g/mol. The third-order valence-electron chi connectivity index (χ3n) is 1.43. The van der Waals surface area contributed by atoms with E-state index in [1.165, 1.54) is 23.8 Å². The fraction of sp³-hybridized carbons (Fsp3) is 0.333. The zero-order valence-electron chi connectivity index (χ0n) is 6.44. The highest BCUT2D eigenvalue weighted by Gasteiger charge is 2.16. The molecule has 0 aliphatic heterocycles. The minimum Gasteiger partial charge on any atom is -0.392 e. The van der Waals surface area contributed by atoms with Crippen molar-refractivity contribution in [1.82, 2.24) is 4.72 Å². The number of nitrogens with one attached hydrogen (secondary N) is 1. The summed E-state index contributed by atoms with van der Waals surface area (Å²) in [6.07, 6.45) is 0. The Morgan fingerprint density at radius 3 is 2.75 bits per heavy atom. The van der Waals surface area contributed by atoms with Gasteiger partial charge in [0.2, 0.25) is 10.0 Å². The largest absolute Gasteiger partial charge is 0.392 e. The maximum atomic E-state index is 11.2. The Morgan fingerprint density at radius 1 is 1.58 bits per heavy atom. The molecule has 0 aliphatic carbocycles. The Balaban J connectivity index is 3.19. The molecule has 1 rings (SSSR count). The van der Waals surface area contributed by atoms with E-state index in [1.807, 2.05) is 0 Å². The SMILES string of the molecule is CNS(=O)(=O)c1cscc1CO. The minimum atomic E-state index is -3.40. The maximum absolute atomic E-state index is 11.2. The van der Waals surface area contributed by atoms with Gasteiger partial charge in [-0.05, 0) is 12.4 Å². The number of hydrogen-bond acceptors (Lipinski definition) is 4. The lowest BCUT2D eigenvalue weighted by molar-refractivity contribution is 0.279. The van der Waals surface area contributed by atoms with Crippen LogP contribution in [0.5, 0.6) is 0 Å². The summed E-state index contributed by atoms with van der Waals surface area (Å²) in [6, 6.07) is 0. The molecule has 2 N–H and O–H groups in total. The number of thiophene rings is 1. The minimum absolute atomic E-state index is 0.164. The van der Waals surface area contributed by atoms with Crippen molar-refractivity contribution in [2.75, 3.05) is 7.05 Å². The summed E-state index contributed by atoms with van der Waals surface area (Å²) in [5, 5.41) is 11.9. The highest BCUT2D eigenvalue weighted by Crippen LogP contribution is 2.19. The molecule has 6 heteroatoms.